The van der Waals surface area contributed by atoms with Crippen LogP contribution in [-0.4, -0.2) is 23.6 Å². The Labute approximate surface area is 287 Å². The Morgan fingerprint density at radius 1 is 0.500 bits per heavy atom. The van der Waals surface area contributed by atoms with Crippen molar-refractivity contribution in [3.8, 4) is 0 Å². The predicted octanol–water partition coefficient (Wildman–Crippen LogP) is 13.7. The number of esters is 2. The second-order valence-corrected chi connectivity index (χ2v) is 14.6. The summed E-state index contributed by atoms with van der Waals surface area (Å²) >= 11 is 0. The SMILES string of the molecule is CCCCCCCCC=CCCCCCCCC(=O)OC(CCCCCCCC=CCCCCCCCC)CC(=O)OC(C)(C)C. The molecule has 1 atom stereocenters. The van der Waals surface area contributed by atoms with E-state index >= 15 is 0 Å². The highest BCUT2D eigenvalue weighted by atomic mass is 16.6. The molecule has 0 aliphatic carbocycles. The number of unbranched alkanes of at least 4 members (excludes halogenated alkanes) is 22. The zero-order valence-electron chi connectivity index (χ0n) is 31.5. The molecule has 0 aromatic rings. The number of hydrogen-bond donors (Lipinski definition) is 0. The zero-order chi connectivity index (χ0) is 34.0. The normalized spacial score (nSPS) is 12.7. The first kappa shape index (κ1) is 44.4. The van der Waals surface area contributed by atoms with Gasteiger partial charge in [-0.15, -0.1) is 0 Å². The maximum atomic E-state index is 12.6. The monoisotopic (exact) mass is 647 g/mol. The van der Waals surface area contributed by atoms with Gasteiger partial charge in [0.05, 0.1) is 6.42 Å². The lowest BCUT2D eigenvalue weighted by Crippen LogP contribution is -2.28. The summed E-state index contributed by atoms with van der Waals surface area (Å²) in [7, 11) is 0. The van der Waals surface area contributed by atoms with Crippen molar-refractivity contribution >= 4 is 11.9 Å². The van der Waals surface area contributed by atoms with Crippen LogP contribution >= 0.6 is 0 Å². The minimum Gasteiger partial charge on any atom is -0.462 e. The van der Waals surface area contributed by atoms with Crippen LogP contribution < -0.4 is 0 Å². The van der Waals surface area contributed by atoms with E-state index < -0.39 is 5.60 Å². The van der Waals surface area contributed by atoms with Crippen molar-refractivity contribution in [3.63, 3.8) is 0 Å². The number of rotatable bonds is 33. The molecule has 4 nitrogen and oxygen atoms in total. The molecule has 0 heterocycles. The second-order valence-electron chi connectivity index (χ2n) is 14.6. The van der Waals surface area contributed by atoms with Gasteiger partial charge >= 0.3 is 11.9 Å². The summed E-state index contributed by atoms with van der Waals surface area (Å²) in [4.78, 5) is 25.1. The molecule has 0 rings (SSSR count). The molecule has 270 valence electrons. The van der Waals surface area contributed by atoms with Crippen molar-refractivity contribution < 1.29 is 19.1 Å². The molecule has 0 saturated heterocycles. The van der Waals surface area contributed by atoms with Gasteiger partial charge in [0, 0.05) is 6.42 Å². The molecule has 46 heavy (non-hydrogen) atoms. The van der Waals surface area contributed by atoms with Crippen LogP contribution in [0.5, 0.6) is 0 Å². The Morgan fingerprint density at radius 3 is 1.28 bits per heavy atom. The van der Waals surface area contributed by atoms with Gasteiger partial charge in [-0.2, -0.15) is 0 Å². The Morgan fingerprint density at radius 2 is 0.870 bits per heavy atom. The molecule has 0 aliphatic rings. The minimum absolute atomic E-state index is 0.152. The van der Waals surface area contributed by atoms with E-state index in [1.54, 1.807) is 0 Å². The third-order valence-electron chi connectivity index (χ3n) is 8.54. The molecule has 0 aromatic heterocycles. The van der Waals surface area contributed by atoms with Crippen LogP contribution in [0.25, 0.3) is 0 Å². The number of carbonyl (C=O) groups excluding carboxylic acids is 2. The third-order valence-corrected chi connectivity index (χ3v) is 8.54. The van der Waals surface area contributed by atoms with Crippen LogP contribution in [0.2, 0.25) is 0 Å². The van der Waals surface area contributed by atoms with Crippen LogP contribution in [-0.2, 0) is 19.1 Å². The third kappa shape index (κ3) is 35.3. The molecule has 0 radical (unpaired) electrons. The highest BCUT2D eigenvalue weighted by Gasteiger charge is 2.23. The van der Waals surface area contributed by atoms with Crippen LogP contribution in [0.15, 0.2) is 24.3 Å². The van der Waals surface area contributed by atoms with E-state index in [4.69, 9.17) is 9.47 Å². The van der Waals surface area contributed by atoms with Crippen LogP contribution in [0.3, 0.4) is 0 Å². The van der Waals surface area contributed by atoms with Gasteiger partial charge in [0.25, 0.3) is 0 Å². The lowest BCUT2D eigenvalue weighted by Gasteiger charge is -2.22. The second kappa shape index (κ2) is 33.3. The Balaban J connectivity index is 4.07. The van der Waals surface area contributed by atoms with E-state index in [9.17, 15) is 9.59 Å². The van der Waals surface area contributed by atoms with Gasteiger partial charge in [0.15, 0.2) is 0 Å². The van der Waals surface area contributed by atoms with Crippen molar-refractivity contribution in [2.24, 2.45) is 0 Å². The fourth-order valence-corrected chi connectivity index (χ4v) is 5.80. The molecule has 0 spiro atoms. The van der Waals surface area contributed by atoms with Crippen molar-refractivity contribution in [3.05, 3.63) is 24.3 Å². The van der Waals surface area contributed by atoms with E-state index in [0.29, 0.717) is 6.42 Å². The number of allylic oxidation sites excluding steroid dienone is 4. The molecule has 0 saturated carbocycles. The number of hydrogen-bond acceptors (Lipinski definition) is 4. The van der Waals surface area contributed by atoms with Crippen LogP contribution in [0, 0.1) is 0 Å². The molecule has 0 aromatic carbocycles. The molecular formula is C42H78O4. The molecule has 0 N–H and O–H groups in total. The van der Waals surface area contributed by atoms with E-state index in [-0.39, 0.29) is 24.5 Å². The lowest BCUT2D eigenvalue weighted by atomic mass is 10.0. The number of ether oxygens (including phenoxy) is 2. The fraction of sp³-hybridized carbons (Fsp3) is 0.857. The van der Waals surface area contributed by atoms with E-state index in [0.717, 1.165) is 38.5 Å². The Hall–Kier alpha value is -1.58. The first-order valence-corrected chi connectivity index (χ1v) is 20.0. The highest BCUT2D eigenvalue weighted by Crippen LogP contribution is 2.18. The van der Waals surface area contributed by atoms with Gasteiger partial charge in [-0.05, 0) is 91.4 Å². The zero-order valence-corrected chi connectivity index (χ0v) is 31.5. The van der Waals surface area contributed by atoms with Gasteiger partial charge in [0.2, 0.25) is 0 Å². The lowest BCUT2D eigenvalue weighted by molar-refractivity contribution is -0.161. The van der Waals surface area contributed by atoms with Crippen molar-refractivity contribution in [2.45, 2.75) is 233 Å². The van der Waals surface area contributed by atoms with E-state index in [1.165, 1.54) is 135 Å². The molecular weight excluding hydrogens is 568 g/mol. The average Bonchev–Trinajstić information content (AvgIpc) is 3.00. The standard InChI is InChI=1S/C42H78O4/c1-6-8-10-12-14-16-18-20-22-24-26-28-30-32-34-36-39(38-41(44)46-42(3,4)5)45-40(43)37-35-33-31-29-27-25-23-21-19-17-15-13-11-9-7-2/h20-23,39H,6-19,24-38H2,1-5H3. The quantitative estimate of drug-likeness (QED) is 0.0404. The molecule has 0 fully saturated rings. The molecule has 0 bridgehead atoms. The van der Waals surface area contributed by atoms with Crippen molar-refractivity contribution in [1.82, 2.24) is 0 Å². The van der Waals surface area contributed by atoms with Gasteiger partial charge in [0.1, 0.15) is 11.7 Å². The van der Waals surface area contributed by atoms with Gasteiger partial charge < -0.3 is 9.47 Å². The smallest absolute Gasteiger partial charge is 0.310 e. The van der Waals surface area contributed by atoms with Gasteiger partial charge in [-0.3, -0.25) is 9.59 Å². The van der Waals surface area contributed by atoms with Crippen LogP contribution in [0.1, 0.15) is 221 Å². The molecule has 0 amide bonds. The first-order valence-electron chi connectivity index (χ1n) is 20.0. The summed E-state index contributed by atoms with van der Waals surface area (Å²) < 4.78 is 11.3. The predicted molar refractivity (Wildman–Crippen MR) is 199 cm³/mol. The summed E-state index contributed by atoms with van der Waals surface area (Å²) in [5.41, 5.74) is -0.529. The Kier molecular flexibility index (Phi) is 32.2. The van der Waals surface area contributed by atoms with Crippen LogP contribution in [0.4, 0.5) is 0 Å². The molecule has 0 aliphatic heterocycles. The number of carbonyl (C=O) groups is 2. The summed E-state index contributed by atoms with van der Waals surface area (Å²) in [6, 6.07) is 0. The summed E-state index contributed by atoms with van der Waals surface area (Å²) in [5.74, 6) is -0.446. The largest absolute Gasteiger partial charge is 0.462 e. The maximum Gasteiger partial charge on any atom is 0.310 e. The first-order chi connectivity index (χ1) is 22.3. The van der Waals surface area contributed by atoms with E-state index in [1.807, 2.05) is 20.8 Å². The van der Waals surface area contributed by atoms with E-state index in [2.05, 4.69) is 38.2 Å². The van der Waals surface area contributed by atoms with Gasteiger partial charge in [-0.25, -0.2) is 0 Å². The van der Waals surface area contributed by atoms with Gasteiger partial charge in [-0.1, -0.05) is 141 Å². The van der Waals surface area contributed by atoms with Crippen molar-refractivity contribution in [2.75, 3.05) is 0 Å². The topological polar surface area (TPSA) is 52.6 Å². The fourth-order valence-electron chi connectivity index (χ4n) is 5.80. The molecule has 1 unspecified atom stereocenters. The minimum atomic E-state index is -0.529. The average molecular weight is 647 g/mol. The molecule has 4 heteroatoms. The summed E-state index contributed by atoms with van der Waals surface area (Å²) in [6.45, 7) is 10.2. The highest BCUT2D eigenvalue weighted by molar-refractivity contribution is 5.72. The summed E-state index contributed by atoms with van der Waals surface area (Å²) in [5, 5.41) is 0. The maximum absolute atomic E-state index is 12.6. The Bertz CT molecular complexity index is 732. The summed E-state index contributed by atoms with van der Waals surface area (Å²) in [6.07, 6.45) is 42.8. The van der Waals surface area contributed by atoms with Crippen molar-refractivity contribution in [1.29, 1.82) is 0 Å².